The molecule has 1 saturated heterocycles. The maximum Gasteiger partial charge on any atom is 0.187 e. The fraction of sp³-hybridized carbons (Fsp3) is 0.105. The van der Waals surface area contributed by atoms with Crippen molar-refractivity contribution >= 4 is 64.3 Å². The first-order valence-electron chi connectivity index (χ1n) is 7.51. The predicted molar refractivity (Wildman–Crippen MR) is 107 cm³/mol. The molecule has 1 heterocycles. The lowest BCUT2D eigenvalue weighted by atomic mass is 9.95. The number of carbonyl (C=O) groups is 1. The Morgan fingerprint density at radius 3 is 1.60 bits per heavy atom. The predicted octanol–water partition coefficient (Wildman–Crippen LogP) is 5.94. The summed E-state index contributed by atoms with van der Waals surface area (Å²) in [5.74, 6) is -0.0317. The number of benzene rings is 2. The molecule has 0 radical (unpaired) electrons. The summed E-state index contributed by atoms with van der Waals surface area (Å²) in [5, 5.41) is 5.34. The van der Waals surface area contributed by atoms with Gasteiger partial charge in [0.2, 0.25) is 0 Å². The van der Waals surface area contributed by atoms with Crippen molar-refractivity contribution in [3.05, 3.63) is 78.8 Å². The van der Waals surface area contributed by atoms with E-state index in [1.165, 1.54) is 0 Å². The van der Waals surface area contributed by atoms with Gasteiger partial charge in [0.1, 0.15) is 0 Å². The number of rotatable bonds is 2. The number of hydrogen-bond donors (Lipinski definition) is 1. The fourth-order valence-corrected chi connectivity index (χ4v) is 3.47. The molecule has 2 aromatic rings. The van der Waals surface area contributed by atoms with Crippen LogP contribution < -0.4 is 5.32 Å². The zero-order chi connectivity index (χ0) is 18.0. The minimum atomic E-state index is -0.0317. The SMILES string of the molecule is O=C1C(=Cc2ccc(Cl)cc2Cl)CNCC1=Cc1ccc(Cl)cc1Cl. The molecule has 1 fully saturated rings. The van der Waals surface area contributed by atoms with Crippen LogP contribution in [0.3, 0.4) is 0 Å². The quantitative estimate of drug-likeness (QED) is 0.618. The number of ketones is 1. The van der Waals surface area contributed by atoms with Crippen LogP contribution in [0.2, 0.25) is 20.1 Å². The Hall–Kier alpha value is -1.29. The molecule has 0 saturated carbocycles. The van der Waals surface area contributed by atoms with Crippen molar-refractivity contribution in [3.8, 4) is 0 Å². The van der Waals surface area contributed by atoms with E-state index in [1.807, 2.05) is 0 Å². The highest BCUT2D eigenvalue weighted by molar-refractivity contribution is 6.36. The Balaban J connectivity index is 1.93. The summed E-state index contributed by atoms with van der Waals surface area (Å²) in [4.78, 5) is 12.8. The molecule has 2 aromatic carbocycles. The number of hydrogen-bond acceptors (Lipinski definition) is 2. The van der Waals surface area contributed by atoms with Crippen LogP contribution >= 0.6 is 46.4 Å². The van der Waals surface area contributed by atoms with Gasteiger partial charge >= 0.3 is 0 Å². The molecule has 0 aromatic heterocycles. The van der Waals surface area contributed by atoms with Crippen LogP contribution in [-0.2, 0) is 4.79 Å². The molecule has 0 bridgehead atoms. The van der Waals surface area contributed by atoms with Gasteiger partial charge in [-0.1, -0.05) is 58.5 Å². The second-order valence-corrected chi connectivity index (χ2v) is 7.29. The maximum absolute atomic E-state index is 12.8. The van der Waals surface area contributed by atoms with Gasteiger partial charge in [0, 0.05) is 44.3 Å². The van der Waals surface area contributed by atoms with Gasteiger partial charge in [0.05, 0.1) is 0 Å². The van der Waals surface area contributed by atoms with Crippen molar-refractivity contribution in [2.45, 2.75) is 0 Å². The number of piperidine rings is 1. The molecule has 0 aliphatic carbocycles. The Bertz CT molecular complexity index is 831. The zero-order valence-electron chi connectivity index (χ0n) is 13.0. The van der Waals surface area contributed by atoms with Crippen LogP contribution in [0.25, 0.3) is 12.2 Å². The van der Waals surface area contributed by atoms with Gasteiger partial charge in [0.25, 0.3) is 0 Å². The topological polar surface area (TPSA) is 29.1 Å². The molecule has 3 rings (SSSR count). The Kier molecular flexibility index (Phi) is 5.88. The molecule has 6 heteroatoms. The van der Waals surface area contributed by atoms with E-state index >= 15 is 0 Å². The monoisotopic (exact) mass is 411 g/mol. The minimum absolute atomic E-state index is 0.0317. The minimum Gasteiger partial charge on any atom is -0.308 e. The van der Waals surface area contributed by atoms with Crippen molar-refractivity contribution in [2.24, 2.45) is 0 Å². The van der Waals surface area contributed by atoms with Crippen LogP contribution in [0.15, 0.2) is 47.5 Å². The van der Waals surface area contributed by atoms with E-state index in [0.29, 0.717) is 44.3 Å². The van der Waals surface area contributed by atoms with Gasteiger partial charge in [-0.2, -0.15) is 0 Å². The van der Waals surface area contributed by atoms with Crippen molar-refractivity contribution in [1.29, 1.82) is 0 Å². The van der Waals surface area contributed by atoms with Crippen LogP contribution in [0.5, 0.6) is 0 Å². The van der Waals surface area contributed by atoms with Crippen molar-refractivity contribution in [3.63, 3.8) is 0 Å². The number of halogens is 4. The molecule has 25 heavy (non-hydrogen) atoms. The molecule has 0 spiro atoms. The van der Waals surface area contributed by atoms with E-state index in [0.717, 1.165) is 11.1 Å². The third-order valence-electron chi connectivity index (χ3n) is 3.80. The van der Waals surface area contributed by atoms with E-state index < -0.39 is 0 Å². The standard InChI is InChI=1S/C19H13Cl4NO/c20-15-3-1-11(17(22)7-15)5-13-9-24-10-14(19(13)25)6-12-2-4-16(21)8-18(12)23/h1-8,24H,9-10H2. The molecule has 1 aliphatic rings. The van der Waals surface area contributed by atoms with Crippen LogP contribution in [0, 0.1) is 0 Å². The van der Waals surface area contributed by atoms with Crippen LogP contribution in [-0.4, -0.2) is 18.9 Å². The van der Waals surface area contributed by atoms with E-state index in [1.54, 1.807) is 48.6 Å². The lowest BCUT2D eigenvalue weighted by molar-refractivity contribution is -0.112. The van der Waals surface area contributed by atoms with Gasteiger partial charge in [-0.3, -0.25) is 4.79 Å². The van der Waals surface area contributed by atoms with E-state index in [2.05, 4.69) is 5.32 Å². The lowest BCUT2D eigenvalue weighted by Crippen LogP contribution is -2.32. The average Bonchev–Trinajstić information content (AvgIpc) is 2.56. The van der Waals surface area contributed by atoms with Crippen molar-refractivity contribution < 1.29 is 4.79 Å². The summed E-state index contributed by atoms with van der Waals surface area (Å²) < 4.78 is 0. The Morgan fingerprint density at radius 2 is 1.20 bits per heavy atom. The highest BCUT2D eigenvalue weighted by atomic mass is 35.5. The first kappa shape index (κ1) is 18.5. The largest absolute Gasteiger partial charge is 0.308 e. The van der Waals surface area contributed by atoms with Gasteiger partial charge in [-0.15, -0.1) is 0 Å². The normalized spacial score (nSPS) is 18.2. The summed E-state index contributed by atoms with van der Waals surface area (Å²) in [7, 11) is 0. The number of Topliss-reactive ketones (excluding diaryl/α,β-unsaturated/α-hetero) is 1. The van der Waals surface area contributed by atoms with Crippen LogP contribution in [0.4, 0.5) is 0 Å². The summed E-state index contributed by atoms with van der Waals surface area (Å²) in [6.07, 6.45) is 3.56. The van der Waals surface area contributed by atoms with E-state index in [-0.39, 0.29) is 5.78 Å². The first-order valence-corrected chi connectivity index (χ1v) is 9.02. The Morgan fingerprint density at radius 1 is 0.760 bits per heavy atom. The first-order chi connectivity index (χ1) is 11.9. The molecule has 0 atom stereocenters. The second kappa shape index (κ2) is 7.94. The van der Waals surface area contributed by atoms with Crippen molar-refractivity contribution in [2.75, 3.05) is 13.1 Å². The molecular formula is C19H13Cl4NO. The number of nitrogens with one attached hydrogen (secondary N) is 1. The van der Waals surface area contributed by atoms with E-state index in [9.17, 15) is 4.79 Å². The third kappa shape index (κ3) is 4.46. The van der Waals surface area contributed by atoms with Gasteiger partial charge < -0.3 is 5.32 Å². The molecular weight excluding hydrogens is 400 g/mol. The summed E-state index contributed by atoms with van der Waals surface area (Å²) in [5.41, 5.74) is 2.77. The second-order valence-electron chi connectivity index (χ2n) is 5.60. The molecule has 0 amide bonds. The summed E-state index contributed by atoms with van der Waals surface area (Å²) in [6.45, 7) is 0.951. The van der Waals surface area contributed by atoms with Crippen LogP contribution in [0.1, 0.15) is 11.1 Å². The van der Waals surface area contributed by atoms with Crippen molar-refractivity contribution in [1.82, 2.24) is 5.32 Å². The van der Waals surface area contributed by atoms with E-state index in [4.69, 9.17) is 46.4 Å². The zero-order valence-corrected chi connectivity index (χ0v) is 16.0. The van der Waals surface area contributed by atoms with Gasteiger partial charge in [0.15, 0.2) is 5.78 Å². The molecule has 0 unspecified atom stereocenters. The molecule has 1 aliphatic heterocycles. The molecule has 2 nitrogen and oxygen atoms in total. The third-order valence-corrected chi connectivity index (χ3v) is 4.92. The Labute approximate surface area is 166 Å². The fourth-order valence-electron chi connectivity index (χ4n) is 2.54. The summed E-state index contributed by atoms with van der Waals surface area (Å²) in [6, 6.07) is 10.4. The smallest absolute Gasteiger partial charge is 0.187 e. The van der Waals surface area contributed by atoms with Gasteiger partial charge in [-0.05, 0) is 47.5 Å². The molecule has 128 valence electrons. The highest BCUT2D eigenvalue weighted by Gasteiger charge is 2.20. The molecule has 1 N–H and O–H groups in total. The summed E-state index contributed by atoms with van der Waals surface area (Å²) >= 11 is 24.2. The number of carbonyl (C=O) groups excluding carboxylic acids is 1. The maximum atomic E-state index is 12.8. The highest BCUT2D eigenvalue weighted by Crippen LogP contribution is 2.27. The average molecular weight is 413 g/mol. The lowest BCUT2D eigenvalue weighted by Gasteiger charge is -2.18. The van der Waals surface area contributed by atoms with Gasteiger partial charge in [-0.25, -0.2) is 0 Å².